The average molecular weight is 339 g/mol. The predicted molar refractivity (Wildman–Crippen MR) is 81.9 cm³/mol. The van der Waals surface area contributed by atoms with Gasteiger partial charge in [0.25, 0.3) is 10.0 Å². The summed E-state index contributed by atoms with van der Waals surface area (Å²) in [5.41, 5.74) is 0.895. The molecule has 1 saturated heterocycles. The molecule has 7 nitrogen and oxygen atoms in total. The van der Waals surface area contributed by atoms with E-state index in [4.69, 9.17) is 5.14 Å². The van der Waals surface area contributed by atoms with Crippen molar-refractivity contribution in [1.82, 2.24) is 4.98 Å². The van der Waals surface area contributed by atoms with Crippen molar-refractivity contribution in [1.29, 1.82) is 0 Å². The number of anilines is 1. The van der Waals surface area contributed by atoms with Crippen molar-refractivity contribution in [3.8, 4) is 0 Å². The lowest BCUT2D eigenvalue weighted by atomic mass is 10.1. The summed E-state index contributed by atoms with van der Waals surface area (Å²) in [6.45, 7) is 1.87. The fourth-order valence-electron chi connectivity index (χ4n) is 2.44. The maximum Gasteiger partial charge on any atom is 0.265 e. The monoisotopic (exact) mass is 339 g/mol. The van der Waals surface area contributed by atoms with Gasteiger partial charge in [0.2, 0.25) is 16.2 Å². The molecule has 1 aromatic heterocycles. The molecule has 1 unspecified atom stereocenters. The van der Waals surface area contributed by atoms with Crippen molar-refractivity contribution in [2.75, 3.05) is 4.90 Å². The third-order valence-electron chi connectivity index (χ3n) is 3.59. The molecule has 1 aromatic carbocycles. The smallest absolute Gasteiger partial charge is 0.265 e. The van der Waals surface area contributed by atoms with E-state index in [1.807, 2.05) is 6.92 Å². The molecule has 2 aromatic rings. The Morgan fingerprint density at radius 3 is 2.73 bits per heavy atom. The second kappa shape index (κ2) is 5.11. The molecule has 1 atom stereocenters. The molecule has 1 aliphatic heterocycles. The van der Waals surface area contributed by atoms with Crippen LogP contribution in [0.1, 0.15) is 19.8 Å². The maximum atomic E-state index is 12.2. The summed E-state index contributed by atoms with van der Waals surface area (Å²) in [7, 11) is -3.87. The van der Waals surface area contributed by atoms with E-state index >= 15 is 0 Å². The highest BCUT2D eigenvalue weighted by atomic mass is 32.2. The highest BCUT2D eigenvalue weighted by molar-refractivity contribution is 7.91. The Bertz CT molecular complexity index is 888. The summed E-state index contributed by atoms with van der Waals surface area (Å²) in [5.74, 6) is -0.750. The zero-order valence-corrected chi connectivity index (χ0v) is 13.3. The Morgan fingerprint density at radius 1 is 1.41 bits per heavy atom. The standard InChI is InChI=1S/C13H13N3O4S2/c1-2-7-5-11(17)16(12(7)18)8-3-4-9-10(6-8)21-13(15-9)22(14,19)20/h3-4,6-7H,2,5H2,1H3,(H2,14,19,20). The molecule has 2 N–H and O–H groups in total. The normalized spacial score (nSPS) is 19.4. The van der Waals surface area contributed by atoms with E-state index in [0.29, 0.717) is 22.3 Å². The van der Waals surface area contributed by atoms with Crippen LogP contribution in [0.15, 0.2) is 22.5 Å². The average Bonchev–Trinajstić information content (AvgIpc) is 2.98. The fourth-order valence-corrected chi connectivity index (χ4v) is 4.13. The number of nitrogens with two attached hydrogens (primary N) is 1. The van der Waals surface area contributed by atoms with Gasteiger partial charge in [0.15, 0.2) is 0 Å². The molecule has 22 heavy (non-hydrogen) atoms. The fraction of sp³-hybridized carbons (Fsp3) is 0.308. The van der Waals surface area contributed by atoms with Gasteiger partial charge in [-0.3, -0.25) is 14.5 Å². The van der Waals surface area contributed by atoms with Crippen molar-refractivity contribution < 1.29 is 18.0 Å². The Labute approximate surface area is 130 Å². The molecular weight excluding hydrogens is 326 g/mol. The van der Waals surface area contributed by atoms with Crippen LogP contribution < -0.4 is 10.0 Å². The minimum atomic E-state index is -3.87. The van der Waals surface area contributed by atoms with Crippen molar-refractivity contribution in [3.05, 3.63) is 18.2 Å². The first kappa shape index (κ1) is 15.1. The predicted octanol–water partition coefficient (Wildman–Crippen LogP) is 1.23. The van der Waals surface area contributed by atoms with Crippen LogP contribution in [0.2, 0.25) is 0 Å². The highest BCUT2D eigenvalue weighted by Crippen LogP contribution is 2.32. The maximum absolute atomic E-state index is 12.2. The molecule has 0 bridgehead atoms. The lowest BCUT2D eigenvalue weighted by Gasteiger charge is -2.14. The van der Waals surface area contributed by atoms with Gasteiger partial charge >= 0.3 is 0 Å². The number of amides is 2. The number of fused-ring (bicyclic) bond motifs is 1. The van der Waals surface area contributed by atoms with Crippen molar-refractivity contribution in [2.45, 2.75) is 24.1 Å². The summed E-state index contributed by atoms with van der Waals surface area (Å²) in [4.78, 5) is 29.4. The molecule has 2 heterocycles. The number of rotatable bonds is 3. The van der Waals surface area contributed by atoms with Crippen LogP contribution in [-0.4, -0.2) is 25.2 Å². The molecule has 3 rings (SSSR count). The number of carbonyl (C=O) groups is 2. The van der Waals surface area contributed by atoms with Gasteiger partial charge in [0.05, 0.1) is 15.9 Å². The Balaban J connectivity index is 2.06. The summed E-state index contributed by atoms with van der Waals surface area (Å²) < 4.78 is 23.0. The molecule has 116 valence electrons. The summed E-state index contributed by atoms with van der Waals surface area (Å²) >= 11 is 0.913. The Morgan fingerprint density at radius 2 is 2.14 bits per heavy atom. The number of hydrogen-bond acceptors (Lipinski definition) is 6. The summed E-state index contributed by atoms with van der Waals surface area (Å²) in [6.07, 6.45) is 0.817. The first-order valence-corrected chi connectivity index (χ1v) is 8.97. The number of carbonyl (C=O) groups excluding carboxylic acids is 2. The Kier molecular flexibility index (Phi) is 3.50. The van der Waals surface area contributed by atoms with Gasteiger partial charge in [-0.15, -0.1) is 11.3 Å². The largest absolute Gasteiger partial charge is 0.274 e. The van der Waals surface area contributed by atoms with Gasteiger partial charge in [0.1, 0.15) is 0 Å². The van der Waals surface area contributed by atoms with Crippen molar-refractivity contribution in [3.63, 3.8) is 0 Å². The van der Waals surface area contributed by atoms with E-state index in [9.17, 15) is 18.0 Å². The number of thiazole rings is 1. The SMILES string of the molecule is CCC1CC(=O)N(c2ccc3nc(S(N)(=O)=O)sc3c2)C1=O. The van der Waals surface area contributed by atoms with E-state index in [1.54, 1.807) is 18.2 Å². The van der Waals surface area contributed by atoms with E-state index < -0.39 is 10.0 Å². The van der Waals surface area contributed by atoms with Gasteiger partial charge < -0.3 is 0 Å². The minimum Gasteiger partial charge on any atom is -0.274 e. The number of sulfonamides is 1. The van der Waals surface area contributed by atoms with Gasteiger partial charge in [-0.2, -0.15) is 0 Å². The second-order valence-corrected chi connectivity index (χ2v) is 7.82. The third-order valence-corrected chi connectivity index (χ3v) is 5.92. The lowest BCUT2D eigenvalue weighted by molar-refractivity contribution is -0.122. The van der Waals surface area contributed by atoms with E-state index in [2.05, 4.69) is 4.98 Å². The molecule has 0 saturated carbocycles. The van der Waals surface area contributed by atoms with Crippen LogP contribution in [-0.2, 0) is 19.6 Å². The zero-order valence-electron chi connectivity index (χ0n) is 11.6. The number of primary sulfonamides is 1. The van der Waals surface area contributed by atoms with E-state index in [0.717, 1.165) is 16.2 Å². The van der Waals surface area contributed by atoms with Crippen molar-refractivity contribution in [2.24, 2.45) is 11.1 Å². The van der Waals surface area contributed by atoms with Gasteiger partial charge in [-0.1, -0.05) is 6.92 Å². The number of imide groups is 1. The van der Waals surface area contributed by atoms with Crippen LogP contribution in [0.4, 0.5) is 5.69 Å². The highest BCUT2D eigenvalue weighted by Gasteiger charge is 2.38. The molecule has 1 fully saturated rings. The number of benzene rings is 1. The second-order valence-electron chi connectivity index (χ2n) is 5.05. The molecular formula is C13H13N3O4S2. The topological polar surface area (TPSA) is 110 Å². The van der Waals surface area contributed by atoms with Crippen LogP contribution in [0.25, 0.3) is 10.2 Å². The van der Waals surface area contributed by atoms with E-state index in [1.165, 1.54) is 0 Å². The van der Waals surface area contributed by atoms with Crippen LogP contribution in [0.5, 0.6) is 0 Å². The quantitative estimate of drug-likeness (QED) is 0.846. The molecule has 9 heteroatoms. The summed E-state index contributed by atoms with van der Waals surface area (Å²) in [6, 6.07) is 4.76. The first-order valence-electron chi connectivity index (χ1n) is 6.61. The molecule has 0 radical (unpaired) electrons. The number of hydrogen-bond donors (Lipinski definition) is 1. The van der Waals surface area contributed by atoms with Gasteiger partial charge in [-0.25, -0.2) is 18.5 Å². The third kappa shape index (κ3) is 2.40. The Hall–Kier alpha value is -1.84. The molecule has 1 aliphatic rings. The molecule has 0 aliphatic carbocycles. The zero-order chi connectivity index (χ0) is 16.1. The van der Waals surface area contributed by atoms with Crippen LogP contribution in [0.3, 0.4) is 0 Å². The van der Waals surface area contributed by atoms with Crippen LogP contribution in [0, 0.1) is 5.92 Å². The molecule has 0 spiro atoms. The van der Waals surface area contributed by atoms with Gasteiger partial charge in [0, 0.05) is 12.3 Å². The number of nitrogens with zero attached hydrogens (tertiary/aromatic N) is 2. The number of aromatic nitrogens is 1. The lowest BCUT2D eigenvalue weighted by Crippen LogP contribution is -2.30. The van der Waals surface area contributed by atoms with Crippen molar-refractivity contribution >= 4 is 49.1 Å². The van der Waals surface area contributed by atoms with Gasteiger partial charge in [-0.05, 0) is 24.6 Å². The molecule has 2 amide bonds. The summed E-state index contributed by atoms with van der Waals surface area (Å²) in [5, 5.41) is 5.06. The van der Waals surface area contributed by atoms with Crippen LogP contribution >= 0.6 is 11.3 Å². The van der Waals surface area contributed by atoms with E-state index in [-0.39, 0.29) is 28.5 Å². The first-order chi connectivity index (χ1) is 10.3. The minimum absolute atomic E-state index is 0.190.